The number of aliphatic hydroxyl groups is 1. The Morgan fingerprint density at radius 1 is 1.16 bits per heavy atom. The Morgan fingerprint density at radius 3 is 2.37 bits per heavy atom. The lowest BCUT2D eigenvalue weighted by molar-refractivity contribution is -0.140. The lowest BCUT2D eigenvalue weighted by atomic mass is 10.0. The molecule has 0 aliphatic carbocycles. The van der Waals surface area contributed by atoms with Crippen LogP contribution >= 0.6 is 11.3 Å². The summed E-state index contributed by atoms with van der Waals surface area (Å²) in [6.07, 6.45) is -6.16. The lowest BCUT2D eigenvalue weighted by Crippen LogP contribution is -2.11. The number of benzene rings is 1. The topological polar surface area (TPSA) is 20.2 Å². The third kappa shape index (κ3) is 2.79. The van der Waals surface area contributed by atoms with Crippen LogP contribution < -0.4 is 0 Å². The highest BCUT2D eigenvalue weighted by Crippen LogP contribution is 2.36. The number of rotatable bonds is 2. The molecule has 0 bridgehead atoms. The van der Waals surface area contributed by atoms with E-state index in [9.17, 15) is 22.7 Å². The summed E-state index contributed by atoms with van der Waals surface area (Å²) < 4.78 is 51.6. The second-order valence-corrected chi connectivity index (χ2v) is 5.38. The molecule has 1 aromatic heterocycles. The Morgan fingerprint density at radius 2 is 1.84 bits per heavy atom. The Hall–Kier alpha value is -1.40. The van der Waals surface area contributed by atoms with E-state index < -0.39 is 23.7 Å². The van der Waals surface area contributed by atoms with Gasteiger partial charge in [0.15, 0.2) is 0 Å². The van der Waals surface area contributed by atoms with Crippen molar-refractivity contribution in [3.8, 4) is 0 Å². The third-order valence-electron chi connectivity index (χ3n) is 2.66. The van der Waals surface area contributed by atoms with E-state index in [-0.39, 0.29) is 5.56 Å². The molecule has 0 aliphatic heterocycles. The van der Waals surface area contributed by atoms with Crippen LogP contribution in [0.5, 0.6) is 0 Å². The van der Waals surface area contributed by atoms with Gasteiger partial charge in [0.2, 0.25) is 0 Å². The van der Waals surface area contributed by atoms with E-state index in [4.69, 9.17) is 0 Å². The minimum absolute atomic E-state index is 0.364. The largest absolute Gasteiger partial charge is 0.419 e. The molecule has 0 saturated heterocycles. The van der Waals surface area contributed by atoms with Gasteiger partial charge in [-0.25, -0.2) is 4.39 Å². The molecule has 1 unspecified atom stereocenters. The van der Waals surface area contributed by atoms with Crippen molar-refractivity contribution in [3.05, 3.63) is 57.0 Å². The summed E-state index contributed by atoms with van der Waals surface area (Å²) in [6, 6.07) is 6.19. The van der Waals surface area contributed by atoms with E-state index in [1.54, 1.807) is 19.1 Å². The molecule has 1 nitrogen and oxygen atoms in total. The molecular weight excluding hydrogens is 280 g/mol. The van der Waals surface area contributed by atoms with E-state index in [0.717, 1.165) is 17.0 Å². The number of alkyl halides is 3. The second-order valence-electron chi connectivity index (χ2n) is 4.06. The Labute approximate surface area is 111 Å². The van der Waals surface area contributed by atoms with Gasteiger partial charge < -0.3 is 5.11 Å². The summed E-state index contributed by atoms with van der Waals surface area (Å²) in [5, 5.41) is 9.98. The van der Waals surface area contributed by atoms with Crippen molar-refractivity contribution in [1.82, 2.24) is 0 Å². The molecule has 6 heteroatoms. The third-order valence-corrected chi connectivity index (χ3v) is 3.71. The fourth-order valence-corrected chi connectivity index (χ4v) is 2.62. The van der Waals surface area contributed by atoms with Crippen LogP contribution in [0.25, 0.3) is 0 Å². The first kappa shape index (κ1) is 14.0. The van der Waals surface area contributed by atoms with Crippen LogP contribution in [0.2, 0.25) is 0 Å². The highest BCUT2D eigenvalue weighted by molar-refractivity contribution is 7.12. The Balaban J connectivity index is 2.46. The molecule has 0 saturated carbocycles. The van der Waals surface area contributed by atoms with E-state index in [0.29, 0.717) is 10.9 Å². The number of thiophene rings is 1. The Bertz CT molecular complexity index is 589. The van der Waals surface area contributed by atoms with Gasteiger partial charge in [-0.05, 0) is 25.1 Å². The molecule has 19 heavy (non-hydrogen) atoms. The van der Waals surface area contributed by atoms with Crippen LogP contribution in [-0.4, -0.2) is 5.11 Å². The lowest BCUT2D eigenvalue weighted by Gasteiger charge is -2.14. The standard InChI is InChI=1S/C13H10F4OS/c1-7-5-6-10(19-7)12(18)8-3-2-4-9(11(8)14)13(15,16)17/h2-6,12,18H,1H3. The molecule has 0 radical (unpaired) electrons. The van der Waals surface area contributed by atoms with Crippen LogP contribution in [0, 0.1) is 12.7 Å². The monoisotopic (exact) mass is 290 g/mol. The van der Waals surface area contributed by atoms with Crippen molar-refractivity contribution in [2.45, 2.75) is 19.2 Å². The second kappa shape index (κ2) is 4.94. The fraction of sp³-hybridized carbons (Fsp3) is 0.231. The fourth-order valence-electron chi connectivity index (χ4n) is 1.73. The SMILES string of the molecule is Cc1ccc(C(O)c2cccc(C(F)(F)F)c2F)s1. The molecule has 1 atom stereocenters. The van der Waals surface area contributed by atoms with Gasteiger partial charge >= 0.3 is 6.18 Å². The molecular formula is C13H10F4OS. The highest BCUT2D eigenvalue weighted by atomic mass is 32.1. The van der Waals surface area contributed by atoms with Crippen molar-refractivity contribution < 1.29 is 22.7 Å². The zero-order valence-electron chi connectivity index (χ0n) is 9.83. The molecule has 0 spiro atoms. The van der Waals surface area contributed by atoms with Gasteiger partial charge in [0.25, 0.3) is 0 Å². The van der Waals surface area contributed by atoms with Gasteiger partial charge in [0.05, 0.1) is 5.56 Å². The summed E-state index contributed by atoms with van der Waals surface area (Å²) in [6.45, 7) is 1.80. The van der Waals surface area contributed by atoms with Crippen molar-refractivity contribution in [3.63, 3.8) is 0 Å². The first-order chi connectivity index (χ1) is 8.80. The van der Waals surface area contributed by atoms with Gasteiger partial charge in [0, 0.05) is 15.3 Å². The average molecular weight is 290 g/mol. The minimum Gasteiger partial charge on any atom is -0.383 e. The van der Waals surface area contributed by atoms with Gasteiger partial charge in [-0.3, -0.25) is 0 Å². The predicted molar refractivity (Wildman–Crippen MR) is 64.5 cm³/mol. The molecule has 1 heterocycles. The van der Waals surface area contributed by atoms with Crippen molar-refractivity contribution in [2.24, 2.45) is 0 Å². The number of hydrogen-bond acceptors (Lipinski definition) is 2. The number of aryl methyl sites for hydroxylation is 1. The molecule has 0 fully saturated rings. The van der Waals surface area contributed by atoms with Gasteiger partial charge in [-0.2, -0.15) is 13.2 Å². The molecule has 2 aromatic rings. The summed E-state index contributed by atoms with van der Waals surface area (Å²) in [4.78, 5) is 1.30. The zero-order chi connectivity index (χ0) is 14.2. The summed E-state index contributed by atoms with van der Waals surface area (Å²) >= 11 is 1.21. The minimum atomic E-state index is -4.77. The molecule has 1 N–H and O–H groups in total. The van der Waals surface area contributed by atoms with Crippen molar-refractivity contribution in [2.75, 3.05) is 0 Å². The van der Waals surface area contributed by atoms with E-state index in [1.165, 1.54) is 11.3 Å². The summed E-state index contributed by atoms with van der Waals surface area (Å²) in [5.41, 5.74) is -1.73. The quantitative estimate of drug-likeness (QED) is 0.818. The van der Waals surface area contributed by atoms with Crippen LogP contribution in [0.1, 0.15) is 27.0 Å². The van der Waals surface area contributed by atoms with Gasteiger partial charge in [0.1, 0.15) is 11.9 Å². The average Bonchev–Trinajstić information content (AvgIpc) is 2.74. The highest BCUT2D eigenvalue weighted by Gasteiger charge is 2.35. The maximum absolute atomic E-state index is 13.8. The maximum Gasteiger partial charge on any atom is 0.419 e. The molecule has 102 valence electrons. The first-order valence-corrected chi connectivity index (χ1v) is 6.22. The smallest absolute Gasteiger partial charge is 0.383 e. The van der Waals surface area contributed by atoms with Crippen LogP contribution in [-0.2, 0) is 6.18 Å². The number of aliphatic hydroxyl groups excluding tert-OH is 1. The number of hydrogen-bond donors (Lipinski definition) is 1. The summed E-state index contributed by atoms with van der Waals surface area (Å²) in [5.74, 6) is -1.42. The molecule has 0 aliphatic rings. The maximum atomic E-state index is 13.8. The van der Waals surface area contributed by atoms with Gasteiger partial charge in [-0.15, -0.1) is 11.3 Å². The van der Waals surface area contributed by atoms with E-state index in [2.05, 4.69) is 0 Å². The zero-order valence-corrected chi connectivity index (χ0v) is 10.6. The normalized spacial score (nSPS) is 13.6. The van der Waals surface area contributed by atoms with Gasteiger partial charge in [-0.1, -0.05) is 12.1 Å². The van der Waals surface area contributed by atoms with Crippen LogP contribution in [0.15, 0.2) is 30.3 Å². The van der Waals surface area contributed by atoms with Crippen LogP contribution in [0.4, 0.5) is 17.6 Å². The van der Waals surface area contributed by atoms with E-state index in [1.807, 2.05) is 0 Å². The van der Waals surface area contributed by atoms with E-state index >= 15 is 0 Å². The molecule has 2 rings (SSSR count). The molecule has 0 amide bonds. The first-order valence-electron chi connectivity index (χ1n) is 5.40. The van der Waals surface area contributed by atoms with Crippen molar-refractivity contribution in [1.29, 1.82) is 0 Å². The Kier molecular flexibility index (Phi) is 3.64. The van der Waals surface area contributed by atoms with Crippen LogP contribution in [0.3, 0.4) is 0 Å². The molecule has 1 aromatic carbocycles. The van der Waals surface area contributed by atoms with Crippen molar-refractivity contribution >= 4 is 11.3 Å². The predicted octanol–water partition coefficient (Wildman–Crippen LogP) is 4.30. The number of halogens is 4. The summed E-state index contributed by atoms with van der Waals surface area (Å²) in [7, 11) is 0.